The van der Waals surface area contributed by atoms with Gasteiger partial charge in [0.1, 0.15) is 30.0 Å². The van der Waals surface area contributed by atoms with Crippen LogP contribution in [0.2, 0.25) is 0 Å². The van der Waals surface area contributed by atoms with Gasteiger partial charge in [-0.15, -0.1) is 0 Å². The highest BCUT2D eigenvalue weighted by atomic mass is 16.3. The number of allylic oxidation sites excluding steroid dienone is 2. The Morgan fingerprint density at radius 2 is 1.75 bits per heavy atom. The number of nitrogens with zero attached hydrogens (tertiary/aromatic N) is 4. The van der Waals surface area contributed by atoms with Crippen LogP contribution in [0.3, 0.4) is 0 Å². The van der Waals surface area contributed by atoms with E-state index < -0.39 is 6.23 Å². The van der Waals surface area contributed by atoms with Crippen LogP contribution in [0, 0.1) is 34.0 Å². The third kappa shape index (κ3) is 2.47. The van der Waals surface area contributed by atoms with Gasteiger partial charge in [0, 0.05) is 12.2 Å². The number of rotatable bonds is 2. The Balaban J connectivity index is 2.34. The molecule has 1 aromatic rings. The van der Waals surface area contributed by atoms with Gasteiger partial charge >= 0.3 is 0 Å². The number of nitriles is 3. The van der Waals surface area contributed by atoms with Gasteiger partial charge in [0.05, 0.1) is 5.57 Å². The molecule has 98 valence electrons. The predicted molar refractivity (Wildman–Crippen MR) is 72.8 cm³/mol. The maximum atomic E-state index is 9.81. The van der Waals surface area contributed by atoms with Crippen LogP contribution in [0.1, 0.15) is 18.4 Å². The smallest absolute Gasteiger partial charge is 0.148 e. The summed E-state index contributed by atoms with van der Waals surface area (Å²) >= 11 is 0. The molecule has 0 radical (unpaired) electrons. The zero-order valence-electron chi connectivity index (χ0n) is 10.7. The number of aliphatic hydroxyl groups is 1. The van der Waals surface area contributed by atoms with Gasteiger partial charge in [-0.25, -0.2) is 0 Å². The number of hydrogen-bond donors (Lipinski definition) is 1. The minimum Gasteiger partial charge on any atom is -0.374 e. The van der Waals surface area contributed by atoms with E-state index in [1.54, 1.807) is 36.4 Å². The molecule has 5 heteroatoms. The Labute approximate surface area is 117 Å². The summed E-state index contributed by atoms with van der Waals surface area (Å²) in [5.41, 5.74) is 1.28. The van der Waals surface area contributed by atoms with E-state index in [-0.39, 0.29) is 11.1 Å². The summed E-state index contributed by atoms with van der Waals surface area (Å²) in [5.74, 6) is 0. The highest BCUT2D eigenvalue weighted by molar-refractivity contribution is 5.84. The van der Waals surface area contributed by atoms with Gasteiger partial charge in [0.25, 0.3) is 0 Å². The van der Waals surface area contributed by atoms with Gasteiger partial charge in [-0.1, -0.05) is 12.1 Å². The Morgan fingerprint density at radius 1 is 1.10 bits per heavy atom. The highest BCUT2D eigenvalue weighted by Gasteiger charge is 2.22. The summed E-state index contributed by atoms with van der Waals surface area (Å²) in [5, 5.41) is 36.5. The van der Waals surface area contributed by atoms with Crippen molar-refractivity contribution in [1.29, 1.82) is 15.8 Å². The molecule has 1 fully saturated rings. The molecule has 20 heavy (non-hydrogen) atoms. The van der Waals surface area contributed by atoms with Crippen LogP contribution in [0.4, 0.5) is 5.69 Å². The van der Waals surface area contributed by atoms with Crippen LogP contribution in [0.15, 0.2) is 29.8 Å². The zero-order chi connectivity index (χ0) is 14.5. The van der Waals surface area contributed by atoms with Crippen LogP contribution in [-0.2, 0) is 0 Å². The SMILES string of the molecule is N#CC(C#N)=C(C#N)c1ccc(N2CCC[C@@H]2O)cc1. The van der Waals surface area contributed by atoms with Crippen molar-refractivity contribution in [3.63, 3.8) is 0 Å². The molecule has 1 aliphatic rings. The predicted octanol–water partition coefficient (Wildman–Crippen LogP) is 1.93. The largest absolute Gasteiger partial charge is 0.374 e. The van der Waals surface area contributed by atoms with Gasteiger partial charge in [0.2, 0.25) is 0 Å². The number of anilines is 1. The van der Waals surface area contributed by atoms with E-state index >= 15 is 0 Å². The Hall–Kier alpha value is -2.81. The van der Waals surface area contributed by atoms with Crippen molar-refractivity contribution in [2.75, 3.05) is 11.4 Å². The lowest BCUT2D eigenvalue weighted by Gasteiger charge is -2.22. The molecular formula is C15H12N4O. The van der Waals surface area contributed by atoms with E-state index in [0.717, 1.165) is 25.1 Å². The second-order valence-corrected chi connectivity index (χ2v) is 4.45. The monoisotopic (exact) mass is 264 g/mol. The first-order chi connectivity index (χ1) is 9.71. The molecule has 1 heterocycles. The summed E-state index contributed by atoms with van der Waals surface area (Å²) in [4.78, 5) is 1.88. The first-order valence-electron chi connectivity index (χ1n) is 6.21. The fraction of sp³-hybridized carbons (Fsp3) is 0.267. The fourth-order valence-electron chi connectivity index (χ4n) is 2.27. The van der Waals surface area contributed by atoms with Gasteiger partial charge in [0.15, 0.2) is 0 Å². The van der Waals surface area contributed by atoms with Crippen LogP contribution < -0.4 is 4.90 Å². The third-order valence-corrected chi connectivity index (χ3v) is 3.29. The Bertz CT molecular complexity index is 639. The standard InChI is InChI=1S/C15H12N4O/c16-8-12(9-17)14(10-18)11-3-5-13(6-4-11)19-7-1-2-15(19)20/h3-6,15,20H,1-2,7H2/t15-/m0/s1. The number of aliphatic hydroxyl groups excluding tert-OH is 1. The van der Waals surface area contributed by atoms with Crippen LogP contribution in [0.25, 0.3) is 5.57 Å². The van der Waals surface area contributed by atoms with E-state index in [1.807, 2.05) is 11.0 Å². The maximum Gasteiger partial charge on any atom is 0.148 e. The van der Waals surface area contributed by atoms with Crippen molar-refractivity contribution < 1.29 is 5.11 Å². The van der Waals surface area contributed by atoms with Crippen LogP contribution in [0.5, 0.6) is 0 Å². The van der Waals surface area contributed by atoms with Gasteiger partial charge in [-0.05, 0) is 30.5 Å². The molecule has 2 rings (SSSR count). The molecule has 0 spiro atoms. The van der Waals surface area contributed by atoms with Crippen molar-refractivity contribution in [3.8, 4) is 18.2 Å². The molecule has 0 aliphatic carbocycles. The van der Waals surface area contributed by atoms with E-state index in [0.29, 0.717) is 5.56 Å². The third-order valence-electron chi connectivity index (χ3n) is 3.29. The summed E-state index contributed by atoms with van der Waals surface area (Å²) in [6.07, 6.45) is 1.22. The normalized spacial score (nSPS) is 16.9. The molecule has 1 aliphatic heterocycles. The number of benzene rings is 1. The van der Waals surface area contributed by atoms with E-state index in [2.05, 4.69) is 0 Å². The van der Waals surface area contributed by atoms with E-state index in [4.69, 9.17) is 15.8 Å². The Morgan fingerprint density at radius 3 is 2.20 bits per heavy atom. The molecular weight excluding hydrogens is 252 g/mol. The fourth-order valence-corrected chi connectivity index (χ4v) is 2.27. The summed E-state index contributed by atoms with van der Waals surface area (Å²) in [7, 11) is 0. The summed E-state index contributed by atoms with van der Waals surface area (Å²) in [6, 6.07) is 12.3. The molecule has 0 saturated carbocycles. The molecule has 1 saturated heterocycles. The van der Waals surface area contributed by atoms with Crippen molar-refractivity contribution in [3.05, 3.63) is 35.4 Å². The molecule has 0 aromatic heterocycles. The minimum absolute atomic E-state index is 0.0727. The van der Waals surface area contributed by atoms with Gasteiger partial charge in [-0.2, -0.15) is 15.8 Å². The topological polar surface area (TPSA) is 94.8 Å². The Kier molecular flexibility index (Phi) is 4.01. The molecule has 1 N–H and O–H groups in total. The molecule has 0 amide bonds. The average molecular weight is 264 g/mol. The minimum atomic E-state index is -0.472. The molecule has 5 nitrogen and oxygen atoms in total. The van der Waals surface area contributed by atoms with E-state index in [9.17, 15) is 5.11 Å². The lowest BCUT2D eigenvalue weighted by atomic mass is 10.0. The molecule has 0 unspecified atom stereocenters. The van der Waals surface area contributed by atoms with Crippen molar-refractivity contribution in [2.45, 2.75) is 19.1 Å². The van der Waals surface area contributed by atoms with Crippen LogP contribution >= 0.6 is 0 Å². The second kappa shape index (κ2) is 5.89. The first kappa shape index (κ1) is 13.6. The van der Waals surface area contributed by atoms with Crippen molar-refractivity contribution in [1.82, 2.24) is 0 Å². The van der Waals surface area contributed by atoms with Crippen molar-refractivity contribution in [2.24, 2.45) is 0 Å². The quantitative estimate of drug-likeness (QED) is 0.823. The summed E-state index contributed by atoms with van der Waals surface area (Å²) < 4.78 is 0. The summed E-state index contributed by atoms with van der Waals surface area (Å²) in [6.45, 7) is 0.795. The molecule has 1 atom stereocenters. The molecule has 0 bridgehead atoms. The lowest BCUT2D eigenvalue weighted by molar-refractivity contribution is 0.186. The van der Waals surface area contributed by atoms with Gasteiger partial charge in [-0.3, -0.25) is 0 Å². The zero-order valence-corrected chi connectivity index (χ0v) is 10.7. The van der Waals surface area contributed by atoms with Crippen LogP contribution in [-0.4, -0.2) is 17.9 Å². The molecule has 1 aromatic carbocycles. The van der Waals surface area contributed by atoms with Crippen molar-refractivity contribution >= 4 is 11.3 Å². The van der Waals surface area contributed by atoms with Gasteiger partial charge < -0.3 is 10.0 Å². The maximum absolute atomic E-state index is 9.81. The number of hydrogen-bond acceptors (Lipinski definition) is 5. The lowest BCUT2D eigenvalue weighted by Crippen LogP contribution is -2.28. The van der Waals surface area contributed by atoms with E-state index in [1.165, 1.54) is 0 Å². The second-order valence-electron chi connectivity index (χ2n) is 4.45. The highest BCUT2D eigenvalue weighted by Crippen LogP contribution is 2.26. The average Bonchev–Trinajstić information content (AvgIpc) is 2.91. The first-order valence-corrected chi connectivity index (χ1v) is 6.21.